The number of alkyl carbamates (subject to hydrolysis) is 1. The number of nitrogens with zero attached hydrogens (tertiary/aromatic N) is 1. The number of carbonyl (C=O) groups is 4. The Kier molecular flexibility index (Phi) is 10.8. The van der Waals surface area contributed by atoms with Crippen LogP contribution in [0.25, 0.3) is 0 Å². The number of carboxylic acid groups (broad SMARTS) is 1. The molecule has 0 aliphatic carbocycles. The molecule has 0 aliphatic rings. The number of amides is 3. The van der Waals surface area contributed by atoms with Gasteiger partial charge in [-0.05, 0) is 35.7 Å². The first-order chi connectivity index (χ1) is 18.4. The van der Waals surface area contributed by atoms with Crippen molar-refractivity contribution in [2.24, 2.45) is 22.2 Å². The van der Waals surface area contributed by atoms with Crippen LogP contribution < -0.4 is 33.2 Å². The summed E-state index contributed by atoms with van der Waals surface area (Å²) in [6, 6.07) is 13.2. The lowest BCUT2D eigenvalue weighted by Gasteiger charge is -2.33. The fraction of sp³-hybridized carbons (Fsp3) is 0.280. The number of ether oxygens (including phenoxy) is 1. The average Bonchev–Trinajstić information content (AvgIpc) is 2.89. The van der Waals surface area contributed by atoms with Gasteiger partial charge in [-0.25, -0.2) is 9.79 Å². The molecule has 1 unspecified atom stereocenters. The number of carboxylic acids is 1. The number of nitrogens with one attached hydrogen (secondary N) is 4. The second-order valence-electron chi connectivity index (χ2n) is 8.55. The predicted octanol–water partition coefficient (Wildman–Crippen LogP) is -0.190. The molecule has 2 rings (SSSR count). The number of aliphatic imine (C=N–C) groups is 1. The molecule has 0 spiro atoms. The summed E-state index contributed by atoms with van der Waals surface area (Å²) >= 11 is 0. The Labute approximate surface area is 224 Å². The van der Waals surface area contributed by atoms with Crippen LogP contribution in [0.1, 0.15) is 29.5 Å². The fourth-order valence-electron chi connectivity index (χ4n) is 3.64. The van der Waals surface area contributed by atoms with Crippen molar-refractivity contribution in [3.8, 4) is 0 Å². The number of hydrogen-bond acceptors (Lipinski definition) is 7. The molecule has 0 saturated carbocycles. The zero-order valence-corrected chi connectivity index (χ0v) is 21.3. The summed E-state index contributed by atoms with van der Waals surface area (Å²) in [5.74, 6) is -2.81. The van der Waals surface area contributed by atoms with E-state index in [-0.39, 0.29) is 31.2 Å². The smallest absolute Gasteiger partial charge is 0.407 e. The van der Waals surface area contributed by atoms with Crippen LogP contribution >= 0.6 is 0 Å². The van der Waals surface area contributed by atoms with Gasteiger partial charge in [-0.2, -0.15) is 0 Å². The highest BCUT2D eigenvalue weighted by atomic mass is 16.5. The Balaban J connectivity index is 2.18. The van der Waals surface area contributed by atoms with E-state index in [2.05, 4.69) is 25.7 Å². The fourth-order valence-corrected chi connectivity index (χ4v) is 3.64. The number of hydrogen-bond donors (Lipinski definition) is 8. The van der Waals surface area contributed by atoms with Gasteiger partial charge in [0.1, 0.15) is 11.4 Å². The van der Waals surface area contributed by atoms with Crippen molar-refractivity contribution in [3.05, 3.63) is 65.2 Å². The second kappa shape index (κ2) is 14.0. The maximum Gasteiger partial charge on any atom is 0.407 e. The number of methoxy groups -OCH3 is 1. The Bertz CT molecular complexity index is 1240. The minimum Gasteiger partial charge on any atom is -0.481 e. The summed E-state index contributed by atoms with van der Waals surface area (Å²) < 4.78 is 4.67. The third-order valence-corrected chi connectivity index (χ3v) is 5.56. The first kappa shape index (κ1) is 30.1. The molecule has 0 heterocycles. The molecule has 11 N–H and O–H groups in total. The first-order valence-corrected chi connectivity index (χ1v) is 11.7. The number of amidine groups is 1. The number of carbonyl (C=O) groups excluding carboxylic acids is 3. The van der Waals surface area contributed by atoms with Crippen LogP contribution in [0.2, 0.25) is 0 Å². The molecule has 1 atom stereocenters. The molecule has 0 aromatic heterocycles. The largest absolute Gasteiger partial charge is 0.481 e. The molecule has 3 amide bonds. The highest BCUT2D eigenvalue weighted by molar-refractivity contribution is 5.95. The van der Waals surface area contributed by atoms with Crippen molar-refractivity contribution in [1.29, 1.82) is 5.41 Å². The number of benzene rings is 2. The lowest BCUT2D eigenvalue weighted by molar-refractivity contribution is -0.138. The van der Waals surface area contributed by atoms with E-state index in [4.69, 9.17) is 22.6 Å². The van der Waals surface area contributed by atoms with Gasteiger partial charge in [-0.1, -0.05) is 30.3 Å². The molecule has 0 aliphatic heterocycles. The summed E-state index contributed by atoms with van der Waals surface area (Å²) in [4.78, 5) is 53.4. The minimum absolute atomic E-state index is 0.0838. The molecular formula is C25H32N8O6. The predicted molar refractivity (Wildman–Crippen MR) is 143 cm³/mol. The van der Waals surface area contributed by atoms with Crippen molar-refractivity contribution in [1.82, 2.24) is 16.0 Å². The standard InChI is InChI=1S/C25H32N8O6/c1-39-24(38)33-25(10-9-20(35)36,12-16-3-2-4-17(11-16)21(26)27)22(37)31-14-19(34)30-13-15-5-7-18(8-6-15)32-23(28)29/h2-8,11H,9-10,12-14H2,1H3,(H3,26,27)(H,30,34)(H,31,37)(H,33,38)(H,35,36)(H4,28,29,32). The third kappa shape index (κ3) is 9.68. The van der Waals surface area contributed by atoms with Gasteiger partial charge in [0.15, 0.2) is 5.96 Å². The summed E-state index contributed by atoms with van der Waals surface area (Å²) in [5.41, 5.74) is 16.6. The van der Waals surface area contributed by atoms with Crippen LogP contribution in [-0.2, 0) is 32.1 Å². The van der Waals surface area contributed by atoms with Gasteiger partial charge >= 0.3 is 12.1 Å². The lowest BCUT2D eigenvalue weighted by atomic mass is 9.84. The number of guanidine groups is 1. The van der Waals surface area contributed by atoms with Crippen LogP contribution in [-0.4, -0.2) is 60.0 Å². The first-order valence-electron chi connectivity index (χ1n) is 11.7. The highest BCUT2D eigenvalue weighted by Crippen LogP contribution is 2.22. The zero-order valence-electron chi connectivity index (χ0n) is 21.3. The molecular weight excluding hydrogens is 508 g/mol. The van der Waals surface area contributed by atoms with E-state index < -0.39 is 42.4 Å². The van der Waals surface area contributed by atoms with Crippen LogP contribution in [0.4, 0.5) is 10.5 Å². The van der Waals surface area contributed by atoms with Crippen molar-refractivity contribution in [3.63, 3.8) is 0 Å². The normalized spacial score (nSPS) is 11.8. The minimum atomic E-state index is -1.79. The van der Waals surface area contributed by atoms with Crippen LogP contribution in [0, 0.1) is 5.41 Å². The molecule has 39 heavy (non-hydrogen) atoms. The number of rotatable bonds is 13. The molecule has 0 radical (unpaired) electrons. The quantitative estimate of drug-likeness (QED) is 0.124. The monoisotopic (exact) mass is 540 g/mol. The number of aliphatic carboxylic acids is 1. The van der Waals surface area contributed by atoms with Gasteiger partial charge in [0.2, 0.25) is 11.8 Å². The van der Waals surface area contributed by atoms with Gasteiger partial charge in [-0.15, -0.1) is 0 Å². The van der Waals surface area contributed by atoms with Crippen molar-refractivity contribution in [2.75, 3.05) is 13.7 Å². The van der Waals surface area contributed by atoms with E-state index in [9.17, 15) is 24.3 Å². The molecule has 14 heteroatoms. The van der Waals surface area contributed by atoms with Crippen molar-refractivity contribution >= 4 is 41.4 Å². The Morgan fingerprint density at radius 1 is 1.03 bits per heavy atom. The third-order valence-electron chi connectivity index (χ3n) is 5.56. The summed E-state index contributed by atoms with van der Waals surface area (Å²) in [6.45, 7) is -0.296. The SMILES string of the molecule is COC(=O)NC(CCC(=O)O)(Cc1cccc(C(=N)N)c1)C(=O)NCC(=O)NCc1ccc(N=C(N)N)cc1. The maximum atomic E-state index is 13.4. The summed E-state index contributed by atoms with van der Waals surface area (Å²) in [6.07, 6.45) is -1.90. The van der Waals surface area contributed by atoms with E-state index in [1.807, 2.05) is 0 Å². The van der Waals surface area contributed by atoms with E-state index in [1.165, 1.54) is 0 Å². The van der Waals surface area contributed by atoms with Crippen LogP contribution in [0.5, 0.6) is 0 Å². The second-order valence-corrected chi connectivity index (χ2v) is 8.55. The molecule has 2 aromatic carbocycles. The number of nitrogens with two attached hydrogens (primary N) is 3. The van der Waals surface area contributed by atoms with Gasteiger partial charge in [-0.3, -0.25) is 19.8 Å². The number of nitrogen functional groups attached to an aromatic ring is 1. The molecule has 0 saturated heterocycles. The topological polar surface area (TPSA) is 248 Å². The summed E-state index contributed by atoms with van der Waals surface area (Å²) in [7, 11) is 1.10. The van der Waals surface area contributed by atoms with E-state index >= 15 is 0 Å². The van der Waals surface area contributed by atoms with Gasteiger partial charge < -0.3 is 43.0 Å². The van der Waals surface area contributed by atoms with Crippen molar-refractivity contribution < 1.29 is 29.0 Å². The molecule has 2 aromatic rings. The maximum absolute atomic E-state index is 13.4. The summed E-state index contributed by atoms with van der Waals surface area (Å²) in [5, 5.41) is 24.5. The molecule has 208 valence electrons. The molecule has 0 fully saturated rings. The van der Waals surface area contributed by atoms with Gasteiger partial charge in [0.25, 0.3) is 0 Å². The van der Waals surface area contributed by atoms with E-state index in [0.717, 1.165) is 12.7 Å². The molecule has 14 nitrogen and oxygen atoms in total. The van der Waals surface area contributed by atoms with Crippen LogP contribution in [0.15, 0.2) is 53.5 Å². The Morgan fingerprint density at radius 3 is 2.31 bits per heavy atom. The molecule has 0 bridgehead atoms. The zero-order chi connectivity index (χ0) is 29.0. The Morgan fingerprint density at radius 2 is 1.72 bits per heavy atom. The lowest BCUT2D eigenvalue weighted by Crippen LogP contribution is -2.61. The Hall–Kier alpha value is -5.14. The highest BCUT2D eigenvalue weighted by Gasteiger charge is 2.41. The van der Waals surface area contributed by atoms with Crippen LogP contribution in [0.3, 0.4) is 0 Å². The van der Waals surface area contributed by atoms with Crippen molar-refractivity contribution in [2.45, 2.75) is 31.3 Å². The van der Waals surface area contributed by atoms with E-state index in [1.54, 1.807) is 48.5 Å². The van der Waals surface area contributed by atoms with E-state index in [0.29, 0.717) is 16.8 Å². The average molecular weight is 541 g/mol. The van der Waals surface area contributed by atoms with Gasteiger partial charge in [0.05, 0.1) is 19.3 Å². The van der Waals surface area contributed by atoms with Gasteiger partial charge in [0, 0.05) is 24.9 Å².